The van der Waals surface area contributed by atoms with Gasteiger partial charge < -0.3 is 9.90 Å². The molecule has 0 aliphatic rings. The summed E-state index contributed by atoms with van der Waals surface area (Å²) in [6.45, 7) is 0. The van der Waals surface area contributed by atoms with Crippen LogP contribution in [0.25, 0.3) is 0 Å². The van der Waals surface area contributed by atoms with E-state index in [1.165, 1.54) is 0 Å². The van der Waals surface area contributed by atoms with Gasteiger partial charge in [0.15, 0.2) is 0 Å². The summed E-state index contributed by atoms with van der Waals surface area (Å²) in [5, 5.41) is 9.46. The fourth-order valence-electron chi connectivity index (χ4n) is 0.976. The Morgan fingerprint density at radius 2 is 2.25 bits per heavy atom. The second-order valence-corrected chi connectivity index (χ2v) is 3.31. The summed E-state index contributed by atoms with van der Waals surface area (Å²) in [6, 6.07) is 5.41. The molecule has 0 aliphatic heterocycles. The number of aryl methyl sites for hydroxylation is 1. The van der Waals surface area contributed by atoms with E-state index < -0.39 is 0 Å². The Kier molecular flexibility index (Phi) is 3.29. The lowest BCUT2D eigenvalue weighted by Gasteiger charge is -2.02. The molecule has 0 bridgehead atoms. The molecule has 0 spiro atoms. The van der Waals surface area contributed by atoms with Gasteiger partial charge in [0, 0.05) is 6.42 Å². The minimum atomic E-state index is 0.236. The van der Waals surface area contributed by atoms with Crippen molar-refractivity contribution in [3.63, 3.8) is 0 Å². The standard InChI is InChI=1S/C9H9BrO2/c10-8-5-1-3-7(9(8)12)4-2-6-11/h1,3,5-6,12H,2,4H2. The zero-order valence-electron chi connectivity index (χ0n) is 6.46. The van der Waals surface area contributed by atoms with Crippen LogP contribution >= 0.6 is 15.9 Å². The van der Waals surface area contributed by atoms with Crippen LogP contribution in [0.4, 0.5) is 0 Å². The Balaban J connectivity index is 2.84. The normalized spacial score (nSPS) is 9.75. The summed E-state index contributed by atoms with van der Waals surface area (Å²) < 4.78 is 0.672. The van der Waals surface area contributed by atoms with Crippen LogP contribution in [0.1, 0.15) is 12.0 Å². The Morgan fingerprint density at radius 1 is 1.50 bits per heavy atom. The third kappa shape index (κ3) is 2.08. The van der Waals surface area contributed by atoms with Gasteiger partial charge in [-0.1, -0.05) is 12.1 Å². The molecule has 0 atom stereocenters. The van der Waals surface area contributed by atoms with Crippen LogP contribution in [-0.4, -0.2) is 11.4 Å². The predicted molar refractivity (Wildman–Crippen MR) is 50.2 cm³/mol. The van der Waals surface area contributed by atoms with Crippen molar-refractivity contribution in [1.82, 2.24) is 0 Å². The van der Waals surface area contributed by atoms with Crippen molar-refractivity contribution in [2.75, 3.05) is 0 Å². The van der Waals surface area contributed by atoms with Gasteiger partial charge in [0.2, 0.25) is 0 Å². The number of aromatic hydroxyl groups is 1. The number of para-hydroxylation sites is 1. The fourth-order valence-corrected chi connectivity index (χ4v) is 1.38. The number of hydrogen-bond donors (Lipinski definition) is 1. The molecule has 0 aliphatic carbocycles. The Bertz CT molecular complexity index is 284. The Labute approximate surface area is 79.3 Å². The van der Waals surface area contributed by atoms with Gasteiger partial charge in [-0.25, -0.2) is 0 Å². The number of phenolic OH excluding ortho intramolecular Hbond substituents is 1. The predicted octanol–water partition coefficient (Wildman–Crippen LogP) is 2.29. The summed E-state index contributed by atoms with van der Waals surface area (Å²) in [6.07, 6.45) is 1.89. The number of carbonyl (C=O) groups excluding carboxylic acids is 1. The third-order valence-corrected chi connectivity index (χ3v) is 2.24. The van der Waals surface area contributed by atoms with Crippen molar-refractivity contribution >= 4 is 22.2 Å². The average molecular weight is 229 g/mol. The molecule has 2 nitrogen and oxygen atoms in total. The number of phenols is 1. The van der Waals surface area contributed by atoms with Gasteiger partial charge in [0.05, 0.1) is 4.47 Å². The molecule has 0 amide bonds. The molecule has 1 aromatic carbocycles. The van der Waals surface area contributed by atoms with Crippen LogP contribution in [0.5, 0.6) is 5.75 Å². The second-order valence-electron chi connectivity index (χ2n) is 2.45. The van der Waals surface area contributed by atoms with Gasteiger partial charge in [-0.2, -0.15) is 0 Å². The average Bonchev–Trinajstić information content (AvgIpc) is 2.08. The summed E-state index contributed by atoms with van der Waals surface area (Å²) in [4.78, 5) is 10.1. The van der Waals surface area contributed by atoms with Gasteiger partial charge in [0.25, 0.3) is 0 Å². The fraction of sp³-hybridized carbons (Fsp3) is 0.222. The van der Waals surface area contributed by atoms with Crippen molar-refractivity contribution < 1.29 is 9.90 Å². The van der Waals surface area contributed by atoms with Crippen molar-refractivity contribution in [3.8, 4) is 5.75 Å². The van der Waals surface area contributed by atoms with Crippen LogP contribution in [-0.2, 0) is 11.2 Å². The van der Waals surface area contributed by atoms with Crippen molar-refractivity contribution in [1.29, 1.82) is 0 Å². The van der Waals surface area contributed by atoms with Crippen LogP contribution in [0.3, 0.4) is 0 Å². The Morgan fingerprint density at radius 3 is 2.92 bits per heavy atom. The Hall–Kier alpha value is -0.830. The highest BCUT2D eigenvalue weighted by Crippen LogP contribution is 2.27. The lowest BCUT2D eigenvalue weighted by molar-refractivity contribution is -0.107. The zero-order chi connectivity index (χ0) is 8.97. The molecule has 0 aromatic heterocycles. The summed E-state index contributed by atoms with van der Waals surface area (Å²) in [7, 11) is 0. The van der Waals surface area contributed by atoms with Crippen molar-refractivity contribution in [2.45, 2.75) is 12.8 Å². The first-order valence-corrected chi connectivity index (χ1v) is 4.45. The van der Waals surface area contributed by atoms with Crippen LogP contribution in [0.2, 0.25) is 0 Å². The number of halogens is 1. The monoisotopic (exact) mass is 228 g/mol. The SMILES string of the molecule is O=CCCc1cccc(Br)c1O. The van der Waals surface area contributed by atoms with E-state index >= 15 is 0 Å². The number of benzene rings is 1. The molecule has 12 heavy (non-hydrogen) atoms. The molecule has 1 aromatic rings. The minimum absolute atomic E-state index is 0.236. The molecule has 0 saturated carbocycles. The molecule has 0 radical (unpaired) electrons. The van der Waals surface area contributed by atoms with Gasteiger partial charge in [-0.15, -0.1) is 0 Å². The van der Waals surface area contributed by atoms with Crippen molar-refractivity contribution in [3.05, 3.63) is 28.2 Å². The highest BCUT2D eigenvalue weighted by Gasteiger charge is 2.02. The maximum atomic E-state index is 10.1. The van der Waals surface area contributed by atoms with Gasteiger partial charge in [-0.05, 0) is 34.0 Å². The third-order valence-electron chi connectivity index (χ3n) is 1.60. The molecule has 1 rings (SSSR count). The largest absolute Gasteiger partial charge is 0.506 e. The van der Waals surface area contributed by atoms with Crippen LogP contribution < -0.4 is 0 Å². The molecule has 64 valence electrons. The molecule has 3 heteroatoms. The topological polar surface area (TPSA) is 37.3 Å². The smallest absolute Gasteiger partial charge is 0.132 e. The molecule has 0 unspecified atom stereocenters. The molecular formula is C9H9BrO2. The van der Waals surface area contributed by atoms with E-state index in [-0.39, 0.29) is 5.75 Å². The maximum absolute atomic E-state index is 10.1. The summed E-state index contributed by atoms with van der Waals surface area (Å²) in [5.41, 5.74) is 0.802. The maximum Gasteiger partial charge on any atom is 0.132 e. The number of aldehydes is 1. The highest BCUT2D eigenvalue weighted by atomic mass is 79.9. The molecule has 1 N–H and O–H groups in total. The van der Waals surface area contributed by atoms with E-state index in [9.17, 15) is 9.90 Å². The number of hydrogen-bond acceptors (Lipinski definition) is 2. The van der Waals surface area contributed by atoms with E-state index in [1.807, 2.05) is 12.1 Å². The summed E-state index contributed by atoms with van der Waals surface area (Å²) in [5.74, 6) is 0.236. The molecular weight excluding hydrogens is 220 g/mol. The van der Waals surface area contributed by atoms with E-state index in [0.717, 1.165) is 11.8 Å². The highest BCUT2D eigenvalue weighted by molar-refractivity contribution is 9.10. The first-order valence-electron chi connectivity index (χ1n) is 3.65. The first-order chi connectivity index (χ1) is 5.75. The quantitative estimate of drug-likeness (QED) is 0.807. The zero-order valence-corrected chi connectivity index (χ0v) is 8.04. The lowest BCUT2D eigenvalue weighted by Crippen LogP contribution is -1.87. The van der Waals surface area contributed by atoms with Gasteiger partial charge in [0.1, 0.15) is 12.0 Å². The first kappa shape index (κ1) is 9.26. The van der Waals surface area contributed by atoms with E-state index in [0.29, 0.717) is 17.3 Å². The number of rotatable bonds is 3. The second kappa shape index (κ2) is 4.26. The minimum Gasteiger partial charge on any atom is -0.506 e. The van der Waals surface area contributed by atoms with Crippen LogP contribution in [0.15, 0.2) is 22.7 Å². The van der Waals surface area contributed by atoms with Crippen molar-refractivity contribution in [2.24, 2.45) is 0 Å². The van der Waals surface area contributed by atoms with Gasteiger partial charge in [-0.3, -0.25) is 0 Å². The van der Waals surface area contributed by atoms with Gasteiger partial charge >= 0.3 is 0 Å². The molecule has 0 heterocycles. The number of carbonyl (C=O) groups is 1. The summed E-state index contributed by atoms with van der Waals surface area (Å²) >= 11 is 3.20. The molecule has 0 saturated heterocycles. The van der Waals surface area contributed by atoms with E-state index in [4.69, 9.17) is 0 Å². The van der Waals surface area contributed by atoms with E-state index in [2.05, 4.69) is 15.9 Å². The van der Waals surface area contributed by atoms with Crippen LogP contribution in [0, 0.1) is 0 Å². The molecule has 0 fully saturated rings. The lowest BCUT2D eigenvalue weighted by atomic mass is 10.1. The van der Waals surface area contributed by atoms with E-state index in [1.54, 1.807) is 6.07 Å².